The van der Waals surface area contributed by atoms with Crippen LogP contribution >= 0.6 is 0 Å². The molecule has 2 nitrogen and oxygen atoms in total. The molecule has 80 valence electrons. The smallest absolute Gasteiger partial charge is 0.0997 e. The third-order valence-corrected chi connectivity index (χ3v) is 2.58. The van der Waals surface area contributed by atoms with E-state index in [1.54, 1.807) is 0 Å². The van der Waals surface area contributed by atoms with Crippen LogP contribution in [0, 0.1) is 11.3 Å². The van der Waals surface area contributed by atoms with Crippen LogP contribution in [-0.4, -0.2) is 0 Å². The maximum Gasteiger partial charge on any atom is 0.0997 e. The van der Waals surface area contributed by atoms with Crippen LogP contribution < -0.4 is 5.73 Å². The Kier molecular flexibility index (Phi) is 3.36. The van der Waals surface area contributed by atoms with E-state index >= 15 is 0 Å². The number of nitrogens with zero attached hydrogens (tertiary/aromatic N) is 1. The first-order valence-electron chi connectivity index (χ1n) is 5.30. The summed E-state index contributed by atoms with van der Waals surface area (Å²) >= 11 is 0. The van der Waals surface area contributed by atoms with E-state index < -0.39 is 0 Å². The van der Waals surface area contributed by atoms with Gasteiger partial charge >= 0.3 is 0 Å². The van der Waals surface area contributed by atoms with Gasteiger partial charge in [-0.3, -0.25) is 0 Å². The van der Waals surface area contributed by atoms with Gasteiger partial charge in [-0.2, -0.15) is 5.26 Å². The van der Waals surface area contributed by atoms with Gasteiger partial charge in [0.15, 0.2) is 0 Å². The third kappa shape index (κ3) is 2.30. The summed E-state index contributed by atoms with van der Waals surface area (Å²) in [6.07, 6.45) is 0. The van der Waals surface area contributed by atoms with E-state index in [1.807, 2.05) is 12.1 Å². The van der Waals surface area contributed by atoms with Gasteiger partial charge < -0.3 is 5.73 Å². The second-order valence-electron chi connectivity index (χ2n) is 4.50. The van der Waals surface area contributed by atoms with Crippen LogP contribution in [0.15, 0.2) is 12.1 Å². The molecule has 2 N–H and O–H groups in total. The molecule has 1 rings (SSSR count). The first-order valence-corrected chi connectivity index (χ1v) is 5.30. The number of benzene rings is 1. The van der Waals surface area contributed by atoms with E-state index in [-0.39, 0.29) is 0 Å². The Labute approximate surface area is 91.7 Å². The van der Waals surface area contributed by atoms with Gasteiger partial charge in [0.2, 0.25) is 0 Å². The summed E-state index contributed by atoms with van der Waals surface area (Å²) in [5, 5.41) is 9.20. The van der Waals surface area contributed by atoms with Crippen molar-refractivity contribution in [1.29, 1.82) is 5.26 Å². The minimum absolute atomic E-state index is 0.334. The lowest BCUT2D eigenvalue weighted by molar-refractivity contribution is 0.828. The second kappa shape index (κ2) is 4.35. The summed E-state index contributed by atoms with van der Waals surface area (Å²) in [6.45, 7) is 8.33. The van der Waals surface area contributed by atoms with Crippen molar-refractivity contribution in [3.63, 3.8) is 0 Å². The van der Waals surface area contributed by atoms with Gasteiger partial charge in [0.1, 0.15) is 0 Å². The molecule has 0 atom stereocenters. The minimum atomic E-state index is 0.334. The summed E-state index contributed by atoms with van der Waals surface area (Å²) < 4.78 is 0. The van der Waals surface area contributed by atoms with Crippen LogP contribution in [0.2, 0.25) is 0 Å². The highest BCUT2D eigenvalue weighted by Crippen LogP contribution is 2.29. The monoisotopic (exact) mass is 202 g/mol. The van der Waals surface area contributed by atoms with Crippen molar-refractivity contribution >= 4 is 5.69 Å². The average Bonchev–Trinajstić information content (AvgIpc) is 2.16. The van der Waals surface area contributed by atoms with Gasteiger partial charge in [0.25, 0.3) is 0 Å². The Hall–Kier alpha value is -1.49. The summed E-state index contributed by atoms with van der Waals surface area (Å²) in [7, 11) is 0. The maximum atomic E-state index is 9.20. The van der Waals surface area contributed by atoms with Gasteiger partial charge in [-0.05, 0) is 35.1 Å². The van der Waals surface area contributed by atoms with Crippen molar-refractivity contribution in [2.75, 3.05) is 5.73 Å². The first-order chi connectivity index (χ1) is 6.97. The fourth-order valence-electron chi connectivity index (χ4n) is 1.75. The predicted octanol–water partition coefficient (Wildman–Crippen LogP) is 3.39. The third-order valence-electron chi connectivity index (χ3n) is 2.58. The van der Waals surface area contributed by atoms with Gasteiger partial charge in [-0.25, -0.2) is 0 Å². The van der Waals surface area contributed by atoms with Crippen LogP contribution in [0.4, 0.5) is 5.69 Å². The van der Waals surface area contributed by atoms with Crippen molar-refractivity contribution in [2.45, 2.75) is 39.5 Å². The highest BCUT2D eigenvalue weighted by Gasteiger charge is 2.14. The summed E-state index contributed by atoms with van der Waals surface area (Å²) in [6, 6.07) is 6.12. The standard InChI is InChI=1S/C13H18N2/c1-8(2)11-5-10(15)6-12(9(3)4)13(11)7-14/h5-6,8-9H,15H2,1-4H3. The molecule has 0 unspecified atom stereocenters. The van der Waals surface area contributed by atoms with Crippen molar-refractivity contribution < 1.29 is 0 Å². The molecule has 2 heteroatoms. The molecule has 0 heterocycles. The molecule has 1 aromatic rings. The van der Waals surface area contributed by atoms with E-state index in [2.05, 4.69) is 33.8 Å². The summed E-state index contributed by atoms with van der Waals surface area (Å²) in [5.41, 5.74) is 9.51. The van der Waals surface area contributed by atoms with Crippen molar-refractivity contribution in [2.24, 2.45) is 0 Å². The van der Waals surface area contributed by atoms with Crippen LogP contribution in [0.3, 0.4) is 0 Å². The molecule has 1 aromatic carbocycles. The zero-order chi connectivity index (χ0) is 11.6. The molecule has 0 radical (unpaired) electrons. The Balaban J connectivity index is 3.47. The largest absolute Gasteiger partial charge is 0.399 e. The van der Waals surface area contributed by atoms with Crippen molar-refractivity contribution in [3.05, 3.63) is 28.8 Å². The number of anilines is 1. The van der Waals surface area contributed by atoms with Gasteiger partial charge in [0.05, 0.1) is 11.6 Å². The lowest BCUT2D eigenvalue weighted by Crippen LogP contribution is -2.02. The first kappa shape index (κ1) is 11.6. The molecule has 0 aromatic heterocycles. The van der Waals surface area contributed by atoms with Crippen LogP contribution in [0.1, 0.15) is 56.2 Å². The minimum Gasteiger partial charge on any atom is -0.399 e. The fraction of sp³-hybridized carbons (Fsp3) is 0.462. The molecule has 0 spiro atoms. The summed E-state index contributed by atoms with van der Waals surface area (Å²) in [4.78, 5) is 0. The summed E-state index contributed by atoms with van der Waals surface area (Å²) in [5.74, 6) is 0.668. The normalized spacial score (nSPS) is 10.7. The highest BCUT2D eigenvalue weighted by atomic mass is 14.5. The lowest BCUT2D eigenvalue weighted by atomic mass is 9.89. The second-order valence-corrected chi connectivity index (χ2v) is 4.50. The van der Waals surface area contributed by atoms with Crippen molar-refractivity contribution in [1.82, 2.24) is 0 Å². The lowest BCUT2D eigenvalue weighted by Gasteiger charge is -2.15. The number of rotatable bonds is 2. The quantitative estimate of drug-likeness (QED) is 0.747. The number of nitrogens with two attached hydrogens (primary N) is 1. The number of nitriles is 1. The zero-order valence-electron chi connectivity index (χ0n) is 9.83. The average molecular weight is 202 g/mol. The predicted molar refractivity (Wildman–Crippen MR) is 63.7 cm³/mol. The maximum absolute atomic E-state index is 9.20. The van der Waals surface area contributed by atoms with Crippen LogP contribution in [0.5, 0.6) is 0 Å². The van der Waals surface area contributed by atoms with E-state index in [1.165, 1.54) is 0 Å². The van der Waals surface area contributed by atoms with Crippen LogP contribution in [-0.2, 0) is 0 Å². The van der Waals surface area contributed by atoms with Gasteiger partial charge in [-0.15, -0.1) is 0 Å². The molecule has 15 heavy (non-hydrogen) atoms. The molecular weight excluding hydrogens is 184 g/mol. The Bertz CT molecular complexity index is 368. The molecule has 0 fully saturated rings. The molecule has 0 aliphatic carbocycles. The molecule has 0 aliphatic heterocycles. The zero-order valence-corrected chi connectivity index (χ0v) is 9.83. The molecule has 0 saturated heterocycles. The number of hydrogen-bond acceptors (Lipinski definition) is 2. The Morgan fingerprint density at radius 3 is 1.73 bits per heavy atom. The van der Waals surface area contributed by atoms with Crippen molar-refractivity contribution in [3.8, 4) is 6.07 Å². The van der Waals surface area contributed by atoms with E-state index in [4.69, 9.17) is 5.73 Å². The van der Waals surface area contributed by atoms with E-state index in [9.17, 15) is 5.26 Å². The topological polar surface area (TPSA) is 49.8 Å². The van der Waals surface area contributed by atoms with Gasteiger partial charge in [0, 0.05) is 5.69 Å². The number of nitrogen functional groups attached to an aromatic ring is 1. The molecular formula is C13H18N2. The van der Waals surface area contributed by atoms with E-state index in [0.29, 0.717) is 11.8 Å². The Morgan fingerprint density at radius 1 is 1.07 bits per heavy atom. The SMILES string of the molecule is CC(C)c1cc(N)cc(C(C)C)c1C#N. The molecule has 0 saturated carbocycles. The fourth-order valence-corrected chi connectivity index (χ4v) is 1.75. The molecule has 0 aliphatic rings. The molecule has 0 bridgehead atoms. The van der Waals surface area contributed by atoms with Gasteiger partial charge in [-0.1, -0.05) is 27.7 Å². The van der Waals surface area contributed by atoms with Crippen LogP contribution in [0.25, 0.3) is 0 Å². The van der Waals surface area contributed by atoms with E-state index in [0.717, 1.165) is 22.4 Å². The Morgan fingerprint density at radius 2 is 1.47 bits per heavy atom. The highest BCUT2D eigenvalue weighted by molar-refractivity contribution is 5.56. The number of hydrogen-bond donors (Lipinski definition) is 1. The molecule has 0 amide bonds.